The second-order valence-electron chi connectivity index (χ2n) is 6.34. The van der Waals surface area contributed by atoms with Gasteiger partial charge in [0.15, 0.2) is 0 Å². The first kappa shape index (κ1) is 17.8. The van der Waals surface area contributed by atoms with Gasteiger partial charge in [-0.25, -0.2) is 14.8 Å². The van der Waals surface area contributed by atoms with E-state index in [0.29, 0.717) is 31.9 Å². The normalized spacial score (nSPS) is 17.3. The average Bonchev–Trinajstić information content (AvgIpc) is 2.67. The second kappa shape index (κ2) is 7.95. The summed E-state index contributed by atoms with van der Waals surface area (Å²) in [6.45, 7) is 3.27. The van der Waals surface area contributed by atoms with Crippen LogP contribution < -0.4 is 5.32 Å². The van der Waals surface area contributed by atoms with E-state index in [9.17, 15) is 9.59 Å². The zero-order valence-corrected chi connectivity index (χ0v) is 15.1. The van der Waals surface area contributed by atoms with E-state index in [0.717, 1.165) is 11.3 Å². The lowest BCUT2D eigenvalue weighted by molar-refractivity contribution is -0.137. The van der Waals surface area contributed by atoms with Gasteiger partial charge in [0.25, 0.3) is 0 Å². The van der Waals surface area contributed by atoms with Crippen molar-refractivity contribution in [2.45, 2.75) is 19.4 Å². The minimum atomic E-state index is -0.439. The molecule has 2 heterocycles. The number of urea groups is 1. The van der Waals surface area contributed by atoms with E-state index in [2.05, 4.69) is 15.3 Å². The number of piperazine rings is 1. The van der Waals surface area contributed by atoms with E-state index >= 15 is 0 Å². The van der Waals surface area contributed by atoms with Crippen LogP contribution in [0.25, 0.3) is 11.3 Å². The molecule has 1 N–H and O–H groups in total. The first-order valence-corrected chi connectivity index (χ1v) is 8.73. The van der Waals surface area contributed by atoms with E-state index in [-0.39, 0.29) is 11.9 Å². The van der Waals surface area contributed by atoms with Crippen molar-refractivity contribution in [1.29, 1.82) is 0 Å². The highest BCUT2D eigenvalue weighted by molar-refractivity contribution is 5.87. The molecule has 3 amide bonds. The highest BCUT2D eigenvalue weighted by Crippen LogP contribution is 2.15. The molecule has 1 fully saturated rings. The third kappa shape index (κ3) is 3.99. The molecule has 3 rings (SSSR count). The van der Waals surface area contributed by atoms with Crippen LogP contribution in [0.4, 0.5) is 4.79 Å². The fourth-order valence-electron chi connectivity index (χ4n) is 2.96. The van der Waals surface area contributed by atoms with Gasteiger partial charge in [-0.2, -0.15) is 0 Å². The van der Waals surface area contributed by atoms with Crippen LogP contribution in [-0.4, -0.2) is 64.4 Å². The number of rotatable bonds is 4. The van der Waals surface area contributed by atoms with Crippen molar-refractivity contribution in [3.63, 3.8) is 0 Å². The van der Waals surface area contributed by atoms with Crippen molar-refractivity contribution in [2.75, 3.05) is 26.7 Å². The largest absolute Gasteiger partial charge is 0.342 e. The number of carbonyl (C=O) groups excluding carboxylic acids is 2. The SMILES string of the molecule is C[C@@H]1C(=O)N(C)CCN1C(=O)NCCc1nccc(-c2ccccc2)n1. The van der Waals surface area contributed by atoms with E-state index in [1.807, 2.05) is 36.4 Å². The number of benzene rings is 1. The number of hydrogen-bond acceptors (Lipinski definition) is 4. The summed E-state index contributed by atoms with van der Waals surface area (Å²) in [5, 5.41) is 2.86. The fourth-order valence-corrected chi connectivity index (χ4v) is 2.96. The van der Waals surface area contributed by atoms with E-state index in [1.54, 1.807) is 30.0 Å². The minimum Gasteiger partial charge on any atom is -0.342 e. The summed E-state index contributed by atoms with van der Waals surface area (Å²) in [6, 6.07) is 11.1. The summed E-state index contributed by atoms with van der Waals surface area (Å²) < 4.78 is 0. The zero-order chi connectivity index (χ0) is 18.5. The van der Waals surface area contributed by atoms with Gasteiger partial charge < -0.3 is 15.1 Å². The van der Waals surface area contributed by atoms with E-state index < -0.39 is 6.04 Å². The lowest BCUT2D eigenvalue weighted by Gasteiger charge is -2.37. The van der Waals surface area contributed by atoms with Crippen LogP contribution in [0.15, 0.2) is 42.6 Å². The standard InChI is InChI=1S/C19H23N5O2/c1-14-18(25)23(2)12-13-24(14)19(26)21-11-9-17-20-10-8-16(22-17)15-6-4-3-5-7-15/h3-8,10,14H,9,11-13H2,1-2H3,(H,21,26)/t14-/m1/s1. The molecule has 7 nitrogen and oxygen atoms in total. The van der Waals surface area contributed by atoms with Crippen LogP contribution >= 0.6 is 0 Å². The number of likely N-dealkylation sites (N-methyl/N-ethyl adjacent to an activating group) is 1. The summed E-state index contributed by atoms with van der Waals surface area (Å²) in [6.07, 6.45) is 2.26. The predicted octanol–water partition coefficient (Wildman–Crippen LogP) is 1.56. The Bertz CT molecular complexity index is 781. The van der Waals surface area contributed by atoms with Crippen LogP contribution in [0.5, 0.6) is 0 Å². The molecule has 1 aromatic carbocycles. The number of amides is 3. The van der Waals surface area contributed by atoms with Crippen molar-refractivity contribution in [3.05, 3.63) is 48.4 Å². The Kier molecular flexibility index (Phi) is 5.46. The zero-order valence-electron chi connectivity index (χ0n) is 15.1. The first-order chi connectivity index (χ1) is 12.6. The Morgan fingerprint density at radius 2 is 2.00 bits per heavy atom. The first-order valence-electron chi connectivity index (χ1n) is 8.73. The molecule has 0 bridgehead atoms. The molecule has 1 aromatic heterocycles. The van der Waals surface area contributed by atoms with Gasteiger partial charge in [0, 0.05) is 44.9 Å². The average molecular weight is 353 g/mol. The number of carbonyl (C=O) groups is 2. The quantitative estimate of drug-likeness (QED) is 0.905. The van der Waals surface area contributed by atoms with Crippen LogP contribution in [0.1, 0.15) is 12.7 Å². The Morgan fingerprint density at radius 1 is 1.23 bits per heavy atom. The third-order valence-corrected chi connectivity index (χ3v) is 4.54. The molecule has 0 unspecified atom stereocenters. The number of aromatic nitrogens is 2. The molecule has 1 saturated heterocycles. The van der Waals surface area contributed by atoms with Gasteiger partial charge in [0.2, 0.25) is 5.91 Å². The molecule has 0 spiro atoms. The van der Waals surface area contributed by atoms with E-state index in [4.69, 9.17) is 0 Å². The van der Waals surface area contributed by atoms with Crippen LogP contribution in [0.3, 0.4) is 0 Å². The van der Waals surface area contributed by atoms with Gasteiger partial charge in [0.05, 0.1) is 5.69 Å². The molecule has 0 radical (unpaired) electrons. The topological polar surface area (TPSA) is 78.4 Å². The van der Waals surface area contributed by atoms with Gasteiger partial charge in [-0.1, -0.05) is 30.3 Å². The molecule has 0 saturated carbocycles. The maximum atomic E-state index is 12.3. The van der Waals surface area contributed by atoms with Gasteiger partial charge in [-0.05, 0) is 13.0 Å². The van der Waals surface area contributed by atoms with Gasteiger partial charge in [-0.15, -0.1) is 0 Å². The number of nitrogens with zero attached hydrogens (tertiary/aromatic N) is 4. The summed E-state index contributed by atoms with van der Waals surface area (Å²) in [5.41, 5.74) is 1.89. The summed E-state index contributed by atoms with van der Waals surface area (Å²) in [7, 11) is 1.76. The Morgan fingerprint density at radius 3 is 2.77 bits per heavy atom. The lowest BCUT2D eigenvalue weighted by atomic mass is 10.1. The summed E-state index contributed by atoms with van der Waals surface area (Å²) in [4.78, 5) is 36.4. The fraction of sp³-hybridized carbons (Fsp3) is 0.368. The second-order valence-corrected chi connectivity index (χ2v) is 6.34. The monoisotopic (exact) mass is 353 g/mol. The maximum Gasteiger partial charge on any atom is 0.318 e. The molecule has 26 heavy (non-hydrogen) atoms. The van der Waals surface area contributed by atoms with Crippen LogP contribution in [0.2, 0.25) is 0 Å². The predicted molar refractivity (Wildman–Crippen MR) is 98.4 cm³/mol. The molecular formula is C19H23N5O2. The van der Waals surface area contributed by atoms with Crippen molar-refractivity contribution in [2.24, 2.45) is 0 Å². The molecule has 0 aliphatic carbocycles. The molecule has 136 valence electrons. The van der Waals surface area contributed by atoms with Crippen molar-refractivity contribution in [3.8, 4) is 11.3 Å². The van der Waals surface area contributed by atoms with Crippen LogP contribution in [-0.2, 0) is 11.2 Å². The molecule has 2 aromatic rings. The Balaban J connectivity index is 1.55. The highest BCUT2D eigenvalue weighted by Gasteiger charge is 2.32. The summed E-state index contributed by atoms with van der Waals surface area (Å²) >= 11 is 0. The molecule has 1 aliphatic heterocycles. The number of hydrogen-bond donors (Lipinski definition) is 1. The lowest BCUT2D eigenvalue weighted by Crippen LogP contribution is -2.58. The van der Waals surface area contributed by atoms with Gasteiger partial charge in [0.1, 0.15) is 11.9 Å². The third-order valence-electron chi connectivity index (χ3n) is 4.54. The highest BCUT2D eigenvalue weighted by atomic mass is 16.2. The van der Waals surface area contributed by atoms with Crippen molar-refractivity contribution < 1.29 is 9.59 Å². The Hall–Kier alpha value is -2.96. The maximum absolute atomic E-state index is 12.3. The van der Waals surface area contributed by atoms with E-state index in [1.165, 1.54) is 0 Å². The summed E-state index contributed by atoms with van der Waals surface area (Å²) in [5.74, 6) is 0.638. The van der Waals surface area contributed by atoms with Gasteiger partial charge in [-0.3, -0.25) is 4.79 Å². The van der Waals surface area contributed by atoms with Crippen molar-refractivity contribution >= 4 is 11.9 Å². The van der Waals surface area contributed by atoms with Crippen molar-refractivity contribution in [1.82, 2.24) is 25.1 Å². The van der Waals surface area contributed by atoms with Gasteiger partial charge >= 0.3 is 6.03 Å². The molecule has 1 aliphatic rings. The molecule has 7 heteroatoms. The van der Waals surface area contributed by atoms with Crippen LogP contribution in [0, 0.1) is 0 Å². The molecule has 1 atom stereocenters. The smallest absolute Gasteiger partial charge is 0.318 e. The Labute approximate surface area is 153 Å². The minimum absolute atomic E-state index is 0.0368. The molecular weight excluding hydrogens is 330 g/mol. The number of nitrogens with one attached hydrogen (secondary N) is 1.